The molecule has 0 aliphatic carbocycles. The molecule has 0 atom stereocenters. The predicted octanol–water partition coefficient (Wildman–Crippen LogP) is 4.43. The third-order valence-electron chi connectivity index (χ3n) is 3.30. The van der Waals surface area contributed by atoms with Crippen LogP contribution in [0.3, 0.4) is 0 Å². The number of nitrogens with one attached hydrogen (secondary N) is 1. The number of non-ortho nitro benzene ring substituents is 1. The Morgan fingerprint density at radius 3 is 2.46 bits per heavy atom. The lowest BCUT2D eigenvalue weighted by Crippen LogP contribution is -2.02. The molecular weight excluding hydrogens is 314 g/mol. The molecule has 0 bridgehead atoms. The smallest absolute Gasteiger partial charge is 0.299 e. The van der Waals surface area contributed by atoms with E-state index in [-0.39, 0.29) is 17.1 Å². The van der Waals surface area contributed by atoms with E-state index in [4.69, 9.17) is 4.74 Å². The van der Waals surface area contributed by atoms with Gasteiger partial charge >= 0.3 is 0 Å². The van der Waals surface area contributed by atoms with Crippen LogP contribution in [0.15, 0.2) is 42.5 Å². The van der Waals surface area contributed by atoms with E-state index in [9.17, 15) is 20.2 Å². The summed E-state index contributed by atoms with van der Waals surface area (Å²) >= 11 is 0. The monoisotopic (exact) mass is 331 g/mol. The summed E-state index contributed by atoms with van der Waals surface area (Å²) in [7, 11) is 0. The number of nitro benzene ring substituents is 2. The van der Waals surface area contributed by atoms with Crippen molar-refractivity contribution in [2.75, 3.05) is 11.9 Å². The van der Waals surface area contributed by atoms with Gasteiger partial charge in [-0.2, -0.15) is 0 Å². The lowest BCUT2D eigenvalue weighted by molar-refractivity contribution is -0.393. The first-order chi connectivity index (χ1) is 11.5. The fourth-order valence-corrected chi connectivity index (χ4v) is 2.06. The van der Waals surface area contributed by atoms with E-state index in [1.165, 1.54) is 12.1 Å². The van der Waals surface area contributed by atoms with Crippen molar-refractivity contribution in [3.8, 4) is 5.75 Å². The van der Waals surface area contributed by atoms with Crippen LogP contribution < -0.4 is 10.1 Å². The molecule has 0 aliphatic rings. The van der Waals surface area contributed by atoms with Crippen LogP contribution in [0.4, 0.5) is 22.7 Å². The van der Waals surface area contributed by atoms with E-state index in [0.717, 1.165) is 18.9 Å². The average molecular weight is 331 g/mol. The molecule has 2 rings (SSSR count). The first-order valence-corrected chi connectivity index (χ1v) is 7.44. The van der Waals surface area contributed by atoms with Crippen molar-refractivity contribution in [2.24, 2.45) is 0 Å². The highest BCUT2D eigenvalue weighted by Crippen LogP contribution is 2.34. The zero-order valence-electron chi connectivity index (χ0n) is 13.1. The molecule has 0 radical (unpaired) electrons. The molecule has 0 amide bonds. The molecule has 0 aromatic heterocycles. The van der Waals surface area contributed by atoms with Crippen LogP contribution in [0.2, 0.25) is 0 Å². The van der Waals surface area contributed by atoms with Gasteiger partial charge in [-0.15, -0.1) is 0 Å². The second-order valence-corrected chi connectivity index (χ2v) is 5.04. The quantitative estimate of drug-likeness (QED) is 0.435. The van der Waals surface area contributed by atoms with Crippen LogP contribution in [-0.4, -0.2) is 16.5 Å². The zero-order valence-corrected chi connectivity index (χ0v) is 13.1. The number of anilines is 2. The molecule has 126 valence electrons. The molecule has 8 nitrogen and oxygen atoms in total. The van der Waals surface area contributed by atoms with Gasteiger partial charge in [-0.25, -0.2) is 0 Å². The number of para-hydroxylation sites is 2. The number of hydrogen-bond donors (Lipinski definition) is 1. The van der Waals surface area contributed by atoms with Gasteiger partial charge in [-0.1, -0.05) is 25.5 Å². The highest BCUT2D eigenvalue weighted by atomic mass is 16.6. The number of benzene rings is 2. The molecule has 0 spiro atoms. The Kier molecular flexibility index (Phi) is 5.67. The number of hydrogen-bond acceptors (Lipinski definition) is 6. The van der Waals surface area contributed by atoms with E-state index in [1.807, 2.05) is 6.92 Å². The van der Waals surface area contributed by atoms with Gasteiger partial charge in [0.05, 0.1) is 28.2 Å². The van der Waals surface area contributed by atoms with Gasteiger partial charge in [0.2, 0.25) is 0 Å². The minimum atomic E-state index is -0.668. The topological polar surface area (TPSA) is 108 Å². The lowest BCUT2D eigenvalue weighted by atomic mass is 10.2. The molecule has 0 aliphatic heterocycles. The highest BCUT2D eigenvalue weighted by Gasteiger charge is 2.20. The van der Waals surface area contributed by atoms with Crippen molar-refractivity contribution in [3.05, 3.63) is 62.7 Å². The Morgan fingerprint density at radius 2 is 1.79 bits per heavy atom. The second kappa shape index (κ2) is 7.91. The summed E-state index contributed by atoms with van der Waals surface area (Å²) in [5.41, 5.74) is 0.0231. The van der Waals surface area contributed by atoms with E-state index < -0.39 is 9.85 Å². The maximum Gasteiger partial charge on any atom is 0.299 e. The third kappa shape index (κ3) is 4.19. The molecule has 0 fully saturated rings. The predicted molar refractivity (Wildman–Crippen MR) is 89.9 cm³/mol. The standard InChI is InChI=1S/C16H17N3O5/c1-2-3-10-24-16-7-5-4-6-14(16)17-13-9-8-12(18(20)21)11-15(13)19(22)23/h4-9,11,17H,2-3,10H2,1H3. The van der Waals surface area contributed by atoms with Gasteiger partial charge in [0.25, 0.3) is 11.4 Å². The van der Waals surface area contributed by atoms with Crippen molar-refractivity contribution in [1.82, 2.24) is 0 Å². The van der Waals surface area contributed by atoms with Crippen LogP contribution in [0.1, 0.15) is 19.8 Å². The fraction of sp³-hybridized carbons (Fsp3) is 0.250. The summed E-state index contributed by atoms with van der Waals surface area (Å²) < 4.78 is 5.67. The van der Waals surface area contributed by atoms with Crippen molar-refractivity contribution in [1.29, 1.82) is 0 Å². The van der Waals surface area contributed by atoms with Gasteiger partial charge in [-0.3, -0.25) is 20.2 Å². The Hall–Kier alpha value is -3.16. The number of ether oxygens (including phenoxy) is 1. The molecule has 0 saturated carbocycles. The first-order valence-electron chi connectivity index (χ1n) is 7.44. The molecule has 24 heavy (non-hydrogen) atoms. The fourth-order valence-electron chi connectivity index (χ4n) is 2.06. The van der Waals surface area contributed by atoms with Gasteiger partial charge in [0.15, 0.2) is 0 Å². The molecule has 2 aromatic carbocycles. The summed E-state index contributed by atoms with van der Waals surface area (Å²) in [5.74, 6) is 0.568. The van der Waals surface area contributed by atoms with Crippen molar-refractivity contribution >= 4 is 22.7 Å². The summed E-state index contributed by atoms with van der Waals surface area (Å²) in [6.07, 6.45) is 1.88. The Balaban J connectivity index is 2.31. The van der Waals surface area contributed by atoms with Crippen molar-refractivity contribution in [3.63, 3.8) is 0 Å². The number of rotatable bonds is 8. The minimum Gasteiger partial charge on any atom is -0.491 e. The average Bonchev–Trinajstić information content (AvgIpc) is 2.56. The Morgan fingerprint density at radius 1 is 1.04 bits per heavy atom. The van der Waals surface area contributed by atoms with Crippen molar-refractivity contribution in [2.45, 2.75) is 19.8 Å². The van der Waals surface area contributed by atoms with Crippen LogP contribution in [0.5, 0.6) is 5.75 Å². The lowest BCUT2D eigenvalue weighted by Gasteiger charge is -2.13. The first kappa shape index (κ1) is 17.2. The van der Waals surface area contributed by atoms with Gasteiger partial charge in [-0.05, 0) is 24.6 Å². The normalized spacial score (nSPS) is 10.2. The molecule has 0 unspecified atom stereocenters. The number of unbranched alkanes of at least 4 members (excludes halogenated alkanes) is 1. The minimum absolute atomic E-state index is 0.164. The van der Waals surface area contributed by atoms with Crippen LogP contribution in [0, 0.1) is 20.2 Å². The van der Waals surface area contributed by atoms with Crippen LogP contribution in [0.25, 0.3) is 0 Å². The van der Waals surface area contributed by atoms with E-state index in [0.29, 0.717) is 18.0 Å². The summed E-state index contributed by atoms with van der Waals surface area (Å²) in [6, 6.07) is 10.5. The molecule has 0 saturated heterocycles. The molecule has 8 heteroatoms. The summed E-state index contributed by atoms with van der Waals surface area (Å²) in [6.45, 7) is 2.59. The van der Waals surface area contributed by atoms with E-state index in [2.05, 4.69) is 5.32 Å². The highest BCUT2D eigenvalue weighted by molar-refractivity contribution is 5.74. The molecule has 2 aromatic rings. The SMILES string of the molecule is CCCCOc1ccccc1Nc1ccc([N+](=O)[O-])cc1[N+](=O)[O-]. The second-order valence-electron chi connectivity index (χ2n) is 5.04. The summed E-state index contributed by atoms with van der Waals surface area (Å²) in [4.78, 5) is 20.7. The zero-order chi connectivity index (χ0) is 17.5. The molecule has 0 heterocycles. The number of nitrogens with zero attached hydrogens (tertiary/aromatic N) is 2. The largest absolute Gasteiger partial charge is 0.491 e. The summed E-state index contributed by atoms with van der Waals surface area (Å²) in [5, 5.41) is 24.9. The van der Waals surface area contributed by atoms with Crippen LogP contribution >= 0.6 is 0 Å². The molecular formula is C16H17N3O5. The maximum atomic E-state index is 11.2. The number of nitro groups is 2. The molecule has 1 N–H and O–H groups in total. The third-order valence-corrected chi connectivity index (χ3v) is 3.30. The van der Waals surface area contributed by atoms with Gasteiger partial charge in [0.1, 0.15) is 11.4 Å². The van der Waals surface area contributed by atoms with Gasteiger partial charge in [0, 0.05) is 6.07 Å². The Bertz CT molecular complexity index is 748. The van der Waals surface area contributed by atoms with E-state index >= 15 is 0 Å². The van der Waals surface area contributed by atoms with Crippen LogP contribution in [-0.2, 0) is 0 Å². The van der Waals surface area contributed by atoms with Crippen molar-refractivity contribution < 1.29 is 14.6 Å². The maximum absolute atomic E-state index is 11.2. The van der Waals surface area contributed by atoms with E-state index in [1.54, 1.807) is 24.3 Å². The Labute approximate surface area is 138 Å². The van der Waals surface area contributed by atoms with Gasteiger partial charge < -0.3 is 10.1 Å².